The highest BCUT2D eigenvalue weighted by Crippen LogP contribution is 2.23. The minimum Gasteiger partial charge on any atom is -0.277 e. The molecule has 3 rings (SSSR count). The molecular weight excluding hydrogens is 446 g/mol. The molecule has 5 nitrogen and oxygen atoms in total. The molecule has 0 bridgehead atoms. The van der Waals surface area contributed by atoms with Crippen molar-refractivity contribution in [3.05, 3.63) is 64.4 Å². The molecule has 3 aromatic rings. The van der Waals surface area contributed by atoms with Crippen LogP contribution in [-0.2, 0) is 9.84 Å². The SMILES string of the molecule is O=S(=O)(CCSc1nncn1-c1cccc(Cl)c1)c1ccc(Br)cc1. The molecule has 0 aliphatic carbocycles. The second kappa shape index (κ2) is 7.90. The molecular formula is C16H13BrClN3O2S2. The highest BCUT2D eigenvalue weighted by atomic mass is 79.9. The Hall–Kier alpha value is -1.35. The zero-order valence-electron chi connectivity index (χ0n) is 12.8. The van der Waals surface area contributed by atoms with E-state index >= 15 is 0 Å². The van der Waals surface area contributed by atoms with E-state index in [1.807, 2.05) is 12.1 Å². The van der Waals surface area contributed by atoms with Gasteiger partial charge in [-0.15, -0.1) is 10.2 Å². The van der Waals surface area contributed by atoms with Crippen LogP contribution < -0.4 is 0 Å². The van der Waals surface area contributed by atoms with Gasteiger partial charge in [-0.2, -0.15) is 0 Å². The van der Waals surface area contributed by atoms with Crippen molar-refractivity contribution in [2.75, 3.05) is 11.5 Å². The number of benzene rings is 2. The summed E-state index contributed by atoms with van der Waals surface area (Å²) in [5, 5.41) is 9.19. The molecule has 0 fully saturated rings. The maximum Gasteiger partial charge on any atom is 0.195 e. The summed E-state index contributed by atoms with van der Waals surface area (Å²) in [6, 6.07) is 13.9. The average molecular weight is 459 g/mol. The first kappa shape index (κ1) is 18.4. The number of aromatic nitrogens is 3. The highest BCUT2D eigenvalue weighted by molar-refractivity contribution is 9.10. The quantitative estimate of drug-likeness (QED) is 0.517. The molecule has 0 aliphatic rings. The molecule has 130 valence electrons. The lowest BCUT2D eigenvalue weighted by Crippen LogP contribution is -2.09. The molecule has 0 aliphatic heterocycles. The van der Waals surface area contributed by atoms with Gasteiger partial charge in [0.25, 0.3) is 0 Å². The van der Waals surface area contributed by atoms with Crippen molar-refractivity contribution in [2.45, 2.75) is 10.1 Å². The maximum atomic E-state index is 12.4. The topological polar surface area (TPSA) is 64.8 Å². The van der Waals surface area contributed by atoms with E-state index < -0.39 is 9.84 Å². The van der Waals surface area contributed by atoms with Crippen LogP contribution in [-0.4, -0.2) is 34.7 Å². The first-order valence-corrected chi connectivity index (χ1v) is 11.0. The van der Waals surface area contributed by atoms with Crippen LogP contribution in [0.2, 0.25) is 5.02 Å². The fraction of sp³-hybridized carbons (Fsp3) is 0.125. The molecule has 0 saturated carbocycles. The maximum absolute atomic E-state index is 12.4. The van der Waals surface area contributed by atoms with Crippen LogP contribution in [0.15, 0.2) is 69.4 Å². The van der Waals surface area contributed by atoms with Gasteiger partial charge in [0.15, 0.2) is 15.0 Å². The van der Waals surface area contributed by atoms with Crippen molar-refractivity contribution < 1.29 is 8.42 Å². The molecule has 0 saturated heterocycles. The van der Waals surface area contributed by atoms with Crippen molar-refractivity contribution in [1.29, 1.82) is 0 Å². The van der Waals surface area contributed by atoms with E-state index in [0.29, 0.717) is 20.8 Å². The van der Waals surface area contributed by atoms with Crippen LogP contribution in [0.4, 0.5) is 0 Å². The summed E-state index contributed by atoms with van der Waals surface area (Å²) in [5.41, 5.74) is 0.829. The summed E-state index contributed by atoms with van der Waals surface area (Å²) in [7, 11) is -3.33. The summed E-state index contributed by atoms with van der Waals surface area (Å²) in [6.45, 7) is 0. The zero-order valence-corrected chi connectivity index (χ0v) is 16.8. The number of hydrogen-bond acceptors (Lipinski definition) is 5. The number of halogens is 2. The Bertz CT molecular complexity index is 975. The van der Waals surface area contributed by atoms with Gasteiger partial charge >= 0.3 is 0 Å². The van der Waals surface area contributed by atoms with Crippen LogP contribution in [0.25, 0.3) is 5.69 Å². The first-order valence-electron chi connectivity index (χ1n) is 7.23. The fourth-order valence-corrected chi connectivity index (χ4v) is 5.15. The number of nitrogens with zero attached hydrogens (tertiary/aromatic N) is 3. The Morgan fingerprint density at radius 2 is 1.92 bits per heavy atom. The molecule has 0 atom stereocenters. The monoisotopic (exact) mass is 457 g/mol. The predicted octanol–water partition coefficient (Wildman–Crippen LogP) is 4.25. The molecule has 1 heterocycles. The Balaban J connectivity index is 1.69. The van der Waals surface area contributed by atoms with Crippen LogP contribution in [0.3, 0.4) is 0 Å². The van der Waals surface area contributed by atoms with E-state index in [4.69, 9.17) is 11.6 Å². The largest absolute Gasteiger partial charge is 0.277 e. The minimum atomic E-state index is -3.33. The van der Waals surface area contributed by atoms with E-state index in [1.54, 1.807) is 47.3 Å². The lowest BCUT2D eigenvalue weighted by atomic mass is 10.3. The Labute approximate surface area is 163 Å². The van der Waals surface area contributed by atoms with Crippen LogP contribution >= 0.6 is 39.3 Å². The normalized spacial score (nSPS) is 11.6. The Morgan fingerprint density at radius 3 is 2.64 bits per heavy atom. The third-order valence-corrected chi connectivity index (χ3v) is 7.06. The van der Waals surface area contributed by atoms with E-state index in [9.17, 15) is 8.42 Å². The van der Waals surface area contributed by atoms with Gasteiger partial charge in [0.05, 0.1) is 16.3 Å². The minimum absolute atomic E-state index is 0.0156. The van der Waals surface area contributed by atoms with E-state index in [-0.39, 0.29) is 5.75 Å². The first-order chi connectivity index (χ1) is 12.0. The molecule has 0 amide bonds. The number of thioether (sulfide) groups is 1. The molecule has 0 N–H and O–H groups in total. The smallest absolute Gasteiger partial charge is 0.195 e. The predicted molar refractivity (Wildman–Crippen MR) is 103 cm³/mol. The van der Waals surface area contributed by atoms with Gasteiger partial charge in [0.2, 0.25) is 0 Å². The van der Waals surface area contributed by atoms with Gasteiger partial charge in [-0.25, -0.2) is 8.42 Å². The second-order valence-corrected chi connectivity index (χ2v) is 9.61. The highest BCUT2D eigenvalue weighted by Gasteiger charge is 2.15. The second-order valence-electron chi connectivity index (χ2n) is 5.08. The van der Waals surface area contributed by atoms with Gasteiger partial charge in [0.1, 0.15) is 6.33 Å². The summed E-state index contributed by atoms with van der Waals surface area (Å²) >= 11 is 10.7. The van der Waals surface area contributed by atoms with Crippen molar-refractivity contribution >= 4 is 49.1 Å². The van der Waals surface area contributed by atoms with Crippen LogP contribution in [0, 0.1) is 0 Å². The number of rotatable bonds is 6. The van der Waals surface area contributed by atoms with Crippen LogP contribution in [0.1, 0.15) is 0 Å². The van der Waals surface area contributed by atoms with E-state index in [1.165, 1.54) is 11.8 Å². The lowest BCUT2D eigenvalue weighted by Gasteiger charge is -2.07. The molecule has 1 aromatic heterocycles. The molecule has 9 heteroatoms. The lowest BCUT2D eigenvalue weighted by molar-refractivity contribution is 0.597. The number of sulfone groups is 1. The molecule has 2 aromatic carbocycles. The van der Waals surface area contributed by atoms with Crippen molar-refractivity contribution in [3.63, 3.8) is 0 Å². The van der Waals surface area contributed by atoms with E-state index in [0.717, 1.165) is 10.2 Å². The molecule has 0 spiro atoms. The van der Waals surface area contributed by atoms with Gasteiger partial charge in [-0.05, 0) is 42.5 Å². The zero-order chi connectivity index (χ0) is 17.9. The van der Waals surface area contributed by atoms with Gasteiger partial charge in [-0.1, -0.05) is 45.4 Å². The van der Waals surface area contributed by atoms with Crippen LogP contribution in [0.5, 0.6) is 0 Å². The summed E-state index contributed by atoms with van der Waals surface area (Å²) in [6.07, 6.45) is 1.58. The summed E-state index contributed by atoms with van der Waals surface area (Å²) < 4.78 is 27.4. The van der Waals surface area contributed by atoms with E-state index in [2.05, 4.69) is 26.1 Å². The van der Waals surface area contributed by atoms with Crippen molar-refractivity contribution in [1.82, 2.24) is 14.8 Å². The van der Waals surface area contributed by atoms with Gasteiger partial charge < -0.3 is 0 Å². The van der Waals surface area contributed by atoms with Crippen molar-refractivity contribution in [3.8, 4) is 5.69 Å². The third kappa shape index (κ3) is 4.63. The fourth-order valence-electron chi connectivity index (χ4n) is 2.13. The standard InChI is InChI=1S/C16H13BrClN3O2S2/c17-12-4-6-15(7-5-12)25(22,23)9-8-24-16-20-19-11-21(16)14-3-1-2-13(18)10-14/h1-7,10-11H,8-9H2. The summed E-state index contributed by atoms with van der Waals surface area (Å²) in [4.78, 5) is 0.313. The molecule has 0 unspecified atom stereocenters. The van der Waals surface area contributed by atoms with Crippen molar-refractivity contribution in [2.24, 2.45) is 0 Å². The molecule has 0 radical (unpaired) electrons. The Morgan fingerprint density at radius 1 is 1.16 bits per heavy atom. The average Bonchev–Trinajstić information content (AvgIpc) is 3.03. The van der Waals surface area contributed by atoms with Gasteiger partial charge in [-0.3, -0.25) is 4.57 Å². The molecule has 25 heavy (non-hydrogen) atoms. The Kier molecular flexibility index (Phi) is 5.83. The number of hydrogen-bond donors (Lipinski definition) is 0. The van der Waals surface area contributed by atoms with Gasteiger partial charge in [0, 0.05) is 15.2 Å². The third-order valence-electron chi connectivity index (χ3n) is 3.36. The summed E-state index contributed by atoms with van der Waals surface area (Å²) in [5.74, 6) is 0.388.